The smallest absolute Gasteiger partial charge is 0.258 e. The zero-order chi connectivity index (χ0) is 10.7. The van der Waals surface area contributed by atoms with E-state index < -0.39 is 9.85 Å². The average molecular weight is 195 g/mol. The first-order valence-corrected chi connectivity index (χ1v) is 3.77. The van der Waals surface area contributed by atoms with Gasteiger partial charge in [0.05, 0.1) is 9.85 Å². The lowest BCUT2D eigenvalue weighted by Gasteiger charge is -1.98. The van der Waals surface area contributed by atoms with Crippen molar-refractivity contribution >= 4 is 11.4 Å². The highest BCUT2D eigenvalue weighted by Gasteiger charge is 2.16. The fraction of sp³-hybridized carbons (Fsp3) is 0.125. The standard InChI is InChI=1S/C8H7N2O4/c1-2-6-5-7(9(11)12)3-4-8(6)10(13)14/h3-5H,1-2H2. The van der Waals surface area contributed by atoms with Gasteiger partial charge in [-0.1, -0.05) is 0 Å². The molecule has 1 aromatic rings. The SMILES string of the molecule is [CH2]Cc1cc([N+](=O)[O-])ccc1[N+](=O)[O-]. The molecule has 0 amide bonds. The molecule has 0 atom stereocenters. The maximum absolute atomic E-state index is 10.5. The Morgan fingerprint density at radius 1 is 1.21 bits per heavy atom. The summed E-state index contributed by atoms with van der Waals surface area (Å²) in [4.78, 5) is 19.7. The maximum atomic E-state index is 10.5. The first-order valence-electron chi connectivity index (χ1n) is 3.77. The lowest BCUT2D eigenvalue weighted by molar-refractivity contribution is -0.389. The second kappa shape index (κ2) is 3.82. The molecular formula is C8H7N2O4. The van der Waals surface area contributed by atoms with Crippen molar-refractivity contribution in [2.75, 3.05) is 0 Å². The van der Waals surface area contributed by atoms with E-state index in [1.165, 1.54) is 6.07 Å². The van der Waals surface area contributed by atoms with Crippen LogP contribution in [0.5, 0.6) is 0 Å². The molecule has 0 spiro atoms. The van der Waals surface area contributed by atoms with Gasteiger partial charge in [0, 0.05) is 23.8 Å². The molecule has 0 fully saturated rings. The van der Waals surface area contributed by atoms with Gasteiger partial charge in [0.1, 0.15) is 0 Å². The van der Waals surface area contributed by atoms with Crippen molar-refractivity contribution in [1.29, 1.82) is 0 Å². The van der Waals surface area contributed by atoms with E-state index in [0.717, 1.165) is 12.1 Å². The predicted molar refractivity (Wildman–Crippen MR) is 48.8 cm³/mol. The fourth-order valence-corrected chi connectivity index (χ4v) is 1.06. The largest absolute Gasteiger partial charge is 0.273 e. The second-order valence-electron chi connectivity index (χ2n) is 2.58. The van der Waals surface area contributed by atoms with Gasteiger partial charge in [-0.25, -0.2) is 0 Å². The minimum absolute atomic E-state index is 0.134. The van der Waals surface area contributed by atoms with Crippen molar-refractivity contribution in [2.45, 2.75) is 6.42 Å². The fourth-order valence-electron chi connectivity index (χ4n) is 1.06. The number of nitro groups is 2. The number of nitro benzene ring substituents is 2. The molecule has 0 unspecified atom stereocenters. The number of rotatable bonds is 3. The van der Waals surface area contributed by atoms with Crippen LogP contribution in [0.3, 0.4) is 0 Å². The van der Waals surface area contributed by atoms with Crippen LogP contribution in [0.2, 0.25) is 0 Å². The van der Waals surface area contributed by atoms with Crippen LogP contribution in [0, 0.1) is 27.2 Å². The quantitative estimate of drug-likeness (QED) is 0.544. The molecule has 0 aliphatic heterocycles. The topological polar surface area (TPSA) is 86.3 Å². The maximum Gasteiger partial charge on any atom is 0.273 e. The molecule has 0 heterocycles. The highest BCUT2D eigenvalue weighted by Crippen LogP contribution is 2.23. The van der Waals surface area contributed by atoms with Crippen LogP contribution in [0.25, 0.3) is 0 Å². The van der Waals surface area contributed by atoms with Crippen LogP contribution >= 0.6 is 0 Å². The molecule has 0 aliphatic rings. The molecule has 1 aromatic carbocycles. The first kappa shape index (κ1) is 10.1. The monoisotopic (exact) mass is 195 g/mol. The average Bonchev–Trinajstić information content (AvgIpc) is 2.16. The van der Waals surface area contributed by atoms with Crippen molar-refractivity contribution in [3.8, 4) is 0 Å². The summed E-state index contributed by atoms with van der Waals surface area (Å²) >= 11 is 0. The molecule has 6 nitrogen and oxygen atoms in total. The highest BCUT2D eigenvalue weighted by atomic mass is 16.6. The summed E-state index contributed by atoms with van der Waals surface area (Å²) < 4.78 is 0. The minimum atomic E-state index is -0.594. The predicted octanol–water partition coefficient (Wildman–Crippen LogP) is 1.88. The summed E-state index contributed by atoms with van der Waals surface area (Å²) in [7, 11) is 0. The molecule has 1 radical (unpaired) electrons. The zero-order valence-corrected chi connectivity index (χ0v) is 7.17. The van der Waals surface area contributed by atoms with Crippen molar-refractivity contribution in [3.05, 3.63) is 50.9 Å². The number of nitrogens with zero attached hydrogens (tertiary/aromatic N) is 2. The third-order valence-electron chi connectivity index (χ3n) is 1.74. The van der Waals surface area contributed by atoms with Gasteiger partial charge in [0.2, 0.25) is 0 Å². The van der Waals surface area contributed by atoms with Crippen molar-refractivity contribution in [3.63, 3.8) is 0 Å². The lowest BCUT2D eigenvalue weighted by atomic mass is 10.1. The molecule has 0 aliphatic carbocycles. The third-order valence-corrected chi connectivity index (χ3v) is 1.74. The molecule has 0 saturated carbocycles. The molecule has 6 heteroatoms. The molecule has 0 saturated heterocycles. The molecule has 73 valence electrons. The summed E-state index contributed by atoms with van der Waals surface area (Å²) in [6.07, 6.45) is 0.151. The van der Waals surface area contributed by atoms with Crippen molar-refractivity contribution in [1.82, 2.24) is 0 Å². The van der Waals surface area contributed by atoms with Gasteiger partial charge in [-0.05, 0) is 13.3 Å². The van der Waals surface area contributed by atoms with Gasteiger partial charge in [-0.2, -0.15) is 0 Å². The van der Waals surface area contributed by atoms with E-state index in [-0.39, 0.29) is 23.4 Å². The molecule has 1 rings (SSSR count). The Balaban J connectivity index is 3.25. The van der Waals surface area contributed by atoms with E-state index in [0.29, 0.717) is 0 Å². The minimum Gasteiger partial charge on any atom is -0.258 e. The Labute approximate surface area is 79.5 Å². The van der Waals surface area contributed by atoms with Gasteiger partial charge in [0.25, 0.3) is 11.4 Å². The Bertz CT molecular complexity index is 389. The van der Waals surface area contributed by atoms with Crippen LogP contribution in [0.4, 0.5) is 11.4 Å². The van der Waals surface area contributed by atoms with Gasteiger partial charge in [-0.3, -0.25) is 20.2 Å². The van der Waals surface area contributed by atoms with Gasteiger partial charge < -0.3 is 0 Å². The molecule has 0 N–H and O–H groups in total. The second-order valence-corrected chi connectivity index (χ2v) is 2.58. The zero-order valence-electron chi connectivity index (χ0n) is 7.17. The van der Waals surface area contributed by atoms with Gasteiger partial charge in [0.15, 0.2) is 0 Å². The summed E-state index contributed by atoms with van der Waals surface area (Å²) in [5.74, 6) is 0. The van der Waals surface area contributed by atoms with E-state index in [9.17, 15) is 20.2 Å². The van der Waals surface area contributed by atoms with Crippen LogP contribution < -0.4 is 0 Å². The first-order chi connectivity index (χ1) is 6.56. The summed E-state index contributed by atoms with van der Waals surface area (Å²) in [6.45, 7) is 3.47. The Morgan fingerprint density at radius 3 is 2.29 bits per heavy atom. The van der Waals surface area contributed by atoms with Gasteiger partial charge >= 0.3 is 0 Å². The van der Waals surface area contributed by atoms with Crippen LogP contribution in [-0.4, -0.2) is 9.85 Å². The molecule has 0 aromatic heterocycles. The van der Waals surface area contributed by atoms with Crippen molar-refractivity contribution < 1.29 is 9.85 Å². The Hall–Kier alpha value is -1.98. The number of hydrogen-bond donors (Lipinski definition) is 0. The normalized spacial score (nSPS) is 9.79. The Kier molecular flexibility index (Phi) is 2.76. The number of non-ortho nitro benzene ring substituents is 1. The Morgan fingerprint density at radius 2 is 1.86 bits per heavy atom. The summed E-state index contributed by atoms with van der Waals surface area (Å²) in [6, 6.07) is 3.40. The van der Waals surface area contributed by atoms with E-state index >= 15 is 0 Å². The lowest BCUT2D eigenvalue weighted by Crippen LogP contribution is -1.96. The highest BCUT2D eigenvalue weighted by molar-refractivity contribution is 5.48. The summed E-state index contributed by atoms with van der Waals surface area (Å²) in [5, 5.41) is 20.8. The van der Waals surface area contributed by atoms with E-state index in [4.69, 9.17) is 0 Å². The molecular weight excluding hydrogens is 188 g/mol. The molecule has 14 heavy (non-hydrogen) atoms. The van der Waals surface area contributed by atoms with Gasteiger partial charge in [-0.15, -0.1) is 0 Å². The van der Waals surface area contributed by atoms with E-state index in [2.05, 4.69) is 6.92 Å². The third kappa shape index (κ3) is 1.85. The van der Waals surface area contributed by atoms with Crippen LogP contribution in [-0.2, 0) is 6.42 Å². The van der Waals surface area contributed by atoms with Crippen LogP contribution in [0.1, 0.15) is 5.56 Å². The van der Waals surface area contributed by atoms with E-state index in [1.54, 1.807) is 0 Å². The van der Waals surface area contributed by atoms with Crippen LogP contribution in [0.15, 0.2) is 18.2 Å². The number of hydrogen-bond acceptors (Lipinski definition) is 4. The van der Waals surface area contributed by atoms with Crippen molar-refractivity contribution in [2.24, 2.45) is 0 Å². The summed E-state index contributed by atoms with van der Waals surface area (Å²) in [5.41, 5.74) is -0.0240. The number of benzene rings is 1. The van der Waals surface area contributed by atoms with E-state index in [1.807, 2.05) is 0 Å². The molecule has 0 bridgehead atoms.